The summed E-state index contributed by atoms with van der Waals surface area (Å²) < 4.78 is 0. The third kappa shape index (κ3) is 2.17. The fourth-order valence-corrected chi connectivity index (χ4v) is 3.45. The zero-order chi connectivity index (χ0) is 11.7. The molecule has 1 fully saturated rings. The van der Waals surface area contributed by atoms with Crippen LogP contribution in [-0.4, -0.2) is 17.3 Å². The largest absolute Gasteiger partial charge is 0.301 e. The van der Waals surface area contributed by atoms with Crippen LogP contribution < -0.4 is 5.32 Å². The molecule has 1 N–H and O–H groups in total. The van der Waals surface area contributed by atoms with Crippen molar-refractivity contribution in [2.24, 2.45) is 5.92 Å². The van der Waals surface area contributed by atoms with Gasteiger partial charge in [0.1, 0.15) is 0 Å². The Hall–Kier alpha value is -1.06. The highest BCUT2D eigenvalue weighted by molar-refractivity contribution is 7.99. The van der Waals surface area contributed by atoms with Crippen molar-refractivity contribution in [1.82, 2.24) is 10.3 Å². The molecule has 0 amide bonds. The Bertz CT molecular complexity index is 513. The van der Waals surface area contributed by atoms with Crippen LogP contribution >= 0.6 is 11.8 Å². The van der Waals surface area contributed by atoms with Crippen LogP contribution in [0.4, 0.5) is 0 Å². The van der Waals surface area contributed by atoms with Crippen LogP contribution in [0.3, 0.4) is 0 Å². The molecule has 0 aliphatic carbocycles. The summed E-state index contributed by atoms with van der Waals surface area (Å²) in [5.41, 5.74) is 2.45. The molecule has 2 heterocycles. The summed E-state index contributed by atoms with van der Waals surface area (Å²) >= 11 is 1.99. The standard InChI is InChI=1S/C14H16N2S/c1-10-8-16-14(17-9-10)12-6-2-4-11-5-3-7-15-13(11)12/h2-7,10,14,16H,8-9H2,1H3. The van der Waals surface area contributed by atoms with E-state index in [1.165, 1.54) is 16.7 Å². The average Bonchev–Trinajstić information content (AvgIpc) is 2.39. The van der Waals surface area contributed by atoms with Gasteiger partial charge in [-0.1, -0.05) is 31.2 Å². The van der Waals surface area contributed by atoms with Crippen molar-refractivity contribution in [2.75, 3.05) is 12.3 Å². The van der Waals surface area contributed by atoms with E-state index in [0.29, 0.717) is 5.37 Å². The third-order valence-electron chi connectivity index (χ3n) is 3.15. The van der Waals surface area contributed by atoms with E-state index in [4.69, 9.17) is 0 Å². The van der Waals surface area contributed by atoms with E-state index in [9.17, 15) is 0 Å². The topological polar surface area (TPSA) is 24.9 Å². The number of para-hydroxylation sites is 1. The van der Waals surface area contributed by atoms with Gasteiger partial charge in [-0.05, 0) is 24.3 Å². The summed E-state index contributed by atoms with van der Waals surface area (Å²) in [5.74, 6) is 1.99. The maximum absolute atomic E-state index is 4.52. The van der Waals surface area contributed by atoms with Crippen molar-refractivity contribution in [3.63, 3.8) is 0 Å². The third-order valence-corrected chi connectivity index (χ3v) is 4.66. The number of benzene rings is 1. The predicted octanol–water partition coefficient (Wildman–Crippen LogP) is 3.21. The minimum atomic E-state index is 0.393. The number of pyridine rings is 1. The van der Waals surface area contributed by atoms with Crippen molar-refractivity contribution in [1.29, 1.82) is 0 Å². The van der Waals surface area contributed by atoms with Crippen molar-refractivity contribution in [3.05, 3.63) is 42.1 Å². The molecule has 3 heteroatoms. The molecule has 1 aliphatic rings. The smallest absolute Gasteiger partial charge is 0.0810 e. The lowest BCUT2D eigenvalue weighted by atomic mass is 10.1. The molecule has 0 radical (unpaired) electrons. The second-order valence-electron chi connectivity index (χ2n) is 4.65. The first-order valence-electron chi connectivity index (χ1n) is 6.03. The normalized spacial score (nSPS) is 25.0. The number of hydrogen-bond donors (Lipinski definition) is 1. The summed E-state index contributed by atoms with van der Waals surface area (Å²) in [5, 5.41) is 5.22. The second kappa shape index (κ2) is 4.67. The summed E-state index contributed by atoms with van der Waals surface area (Å²) in [6.45, 7) is 3.39. The molecular formula is C14H16N2S. The lowest BCUT2D eigenvalue weighted by Gasteiger charge is -2.28. The number of nitrogens with one attached hydrogen (secondary N) is 1. The zero-order valence-electron chi connectivity index (χ0n) is 9.89. The highest BCUT2D eigenvalue weighted by Gasteiger charge is 2.21. The quantitative estimate of drug-likeness (QED) is 0.834. The molecule has 2 aromatic rings. The second-order valence-corrected chi connectivity index (χ2v) is 5.79. The van der Waals surface area contributed by atoms with E-state index in [-0.39, 0.29) is 0 Å². The molecule has 1 aliphatic heterocycles. The molecule has 2 nitrogen and oxygen atoms in total. The van der Waals surface area contributed by atoms with Crippen LogP contribution in [0.25, 0.3) is 10.9 Å². The van der Waals surface area contributed by atoms with E-state index in [1.807, 2.05) is 24.0 Å². The van der Waals surface area contributed by atoms with Gasteiger partial charge in [-0.3, -0.25) is 4.98 Å². The van der Waals surface area contributed by atoms with Crippen LogP contribution in [0.1, 0.15) is 17.9 Å². The molecular weight excluding hydrogens is 228 g/mol. The Morgan fingerprint density at radius 1 is 1.29 bits per heavy atom. The molecule has 1 aromatic heterocycles. The average molecular weight is 244 g/mol. The van der Waals surface area contributed by atoms with Crippen molar-refractivity contribution in [3.8, 4) is 0 Å². The van der Waals surface area contributed by atoms with Crippen LogP contribution in [0, 0.1) is 5.92 Å². The number of rotatable bonds is 1. The Morgan fingerprint density at radius 2 is 2.18 bits per heavy atom. The Balaban J connectivity index is 2.00. The maximum Gasteiger partial charge on any atom is 0.0810 e. The molecule has 17 heavy (non-hydrogen) atoms. The van der Waals surface area contributed by atoms with Gasteiger partial charge >= 0.3 is 0 Å². The van der Waals surface area contributed by atoms with E-state index >= 15 is 0 Å². The first kappa shape index (κ1) is 11.1. The van der Waals surface area contributed by atoms with Crippen molar-refractivity contribution < 1.29 is 0 Å². The molecule has 0 spiro atoms. The number of fused-ring (bicyclic) bond motifs is 1. The fraction of sp³-hybridized carbons (Fsp3) is 0.357. The van der Waals surface area contributed by atoms with Gasteiger partial charge in [0.15, 0.2) is 0 Å². The van der Waals surface area contributed by atoms with Crippen molar-refractivity contribution in [2.45, 2.75) is 12.3 Å². The lowest BCUT2D eigenvalue weighted by Crippen LogP contribution is -2.31. The van der Waals surface area contributed by atoms with Gasteiger partial charge in [0.25, 0.3) is 0 Å². The van der Waals surface area contributed by atoms with E-state index < -0.39 is 0 Å². The number of nitrogens with zero attached hydrogens (tertiary/aromatic N) is 1. The van der Waals surface area contributed by atoms with Crippen molar-refractivity contribution >= 4 is 22.7 Å². The SMILES string of the molecule is CC1CNC(c2cccc3cccnc23)SC1. The van der Waals surface area contributed by atoms with Gasteiger partial charge in [0.2, 0.25) is 0 Å². The van der Waals surface area contributed by atoms with E-state index in [1.54, 1.807) is 0 Å². The molecule has 3 rings (SSSR count). The molecule has 0 bridgehead atoms. The Kier molecular flexibility index (Phi) is 3.04. The first-order valence-corrected chi connectivity index (χ1v) is 7.08. The van der Waals surface area contributed by atoms with Gasteiger partial charge in [0, 0.05) is 17.1 Å². The predicted molar refractivity (Wildman–Crippen MR) is 74.1 cm³/mol. The summed E-state index contributed by atoms with van der Waals surface area (Å²) in [6, 6.07) is 10.6. The van der Waals surface area contributed by atoms with Gasteiger partial charge in [-0.25, -0.2) is 0 Å². The molecule has 0 saturated carbocycles. The molecule has 2 atom stereocenters. The van der Waals surface area contributed by atoms with Gasteiger partial charge in [0.05, 0.1) is 10.9 Å². The molecule has 1 aromatic carbocycles. The van der Waals surface area contributed by atoms with Crippen LogP contribution in [0.15, 0.2) is 36.5 Å². The van der Waals surface area contributed by atoms with Gasteiger partial charge < -0.3 is 5.32 Å². The Morgan fingerprint density at radius 3 is 3.00 bits per heavy atom. The van der Waals surface area contributed by atoms with Crippen LogP contribution in [0.5, 0.6) is 0 Å². The van der Waals surface area contributed by atoms with Crippen LogP contribution in [-0.2, 0) is 0 Å². The van der Waals surface area contributed by atoms with E-state index in [0.717, 1.165) is 18.0 Å². The minimum Gasteiger partial charge on any atom is -0.301 e. The van der Waals surface area contributed by atoms with Crippen LogP contribution in [0.2, 0.25) is 0 Å². The summed E-state index contributed by atoms with van der Waals surface area (Å²) in [6.07, 6.45) is 1.88. The van der Waals surface area contributed by atoms with Gasteiger partial charge in [-0.2, -0.15) is 0 Å². The molecule has 2 unspecified atom stereocenters. The first-order chi connectivity index (χ1) is 8.34. The van der Waals surface area contributed by atoms with E-state index in [2.05, 4.69) is 41.5 Å². The highest BCUT2D eigenvalue weighted by atomic mass is 32.2. The number of aromatic nitrogens is 1. The number of thioether (sulfide) groups is 1. The Labute approximate surface area is 106 Å². The summed E-state index contributed by atoms with van der Waals surface area (Å²) in [7, 11) is 0. The zero-order valence-corrected chi connectivity index (χ0v) is 10.7. The molecule has 88 valence electrons. The highest BCUT2D eigenvalue weighted by Crippen LogP contribution is 2.34. The maximum atomic E-state index is 4.52. The monoisotopic (exact) mass is 244 g/mol. The van der Waals surface area contributed by atoms with Gasteiger partial charge in [-0.15, -0.1) is 11.8 Å². The number of hydrogen-bond acceptors (Lipinski definition) is 3. The minimum absolute atomic E-state index is 0.393. The fourth-order valence-electron chi connectivity index (χ4n) is 2.23. The summed E-state index contributed by atoms with van der Waals surface area (Å²) in [4.78, 5) is 4.52. The lowest BCUT2D eigenvalue weighted by molar-refractivity contribution is 0.530. The molecule has 1 saturated heterocycles.